The van der Waals surface area contributed by atoms with Crippen molar-refractivity contribution < 1.29 is 8.78 Å². The molecule has 2 aromatic carbocycles. The van der Waals surface area contributed by atoms with Gasteiger partial charge in [0.1, 0.15) is 0 Å². The van der Waals surface area contributed by atoms with Crippen molar-refractivity contribution in [3.63, 3.8) is 0 Å². The van der Waals surface area contributed by atoms with Gasteiger partial charge in [0.05, 0.1) is 0 Å². The van der Waals surface area contributed by atoms with Crippen molar-refractivity contribution in [2.75, 3.05) is 23.7 Å². The third-order valence-electron chi connectivity index (χ3n) is 4.09. The second-order valence-corrected chi connectivity index (χ2v) is 5.46. The average Bonchev–Trinajstić information content (AvgIpc) is 2.97. The van der Waals surface area contributed by atoms with Crippen molar-refractivity contribution in [1.82, 2.24) is 0 Å². The highest BCUT2D eigenvalue weighted by Gasteiger charge is 2.27. The van der Waals surface area contributed by atoms with E-state index in [1.165, 1.54) is 11.6 Å². The lowest BCUT2D eigenvalue weighted by Crippen LogP contribution is -2.21. The highest BCUT2D eigenvalue weighted by atomic mass is 19.3. The fraction of sp³-hybridized carbons (Fsp3) is 0.294. The lowest BCUT2D eigenvalue weighted by molar-refractivity contribution is 0.152. The van der Waals surface area contributed by atoms with Gasteiger partial charge in [-0.25, -0.2) is 8.78 Å². The molecular formula is C17H18F2N2. The monoisotopic (exact) mass is 288 g/mol. The lowest BCUT2D eigenvalue weighted by Gasteiger charge is -2.22. The molecule has 1 atom stereocenters. The number of nitrogen functional groups attached to an aromatic ring is 1. The minimum atomic E-state index is -2.50. The molecule has 0 aromatic heterocycles. The molecule has 2 N–H and O–H groups in total. The number of hydrogen-bond acceptors (Lipinski definition) is 2. The van der Waals surface area contributed by atoms with E-state index in [4.69, 9.17) is 5.73 Å². The second kappa shape index (κ2) is 5.72. The first-order valence-electron chi connectivity index (χ1n) is 7.12. The quantitative estimate of drug-likeness (QED) is 0.858. The van der Waals surface area contributed by atoms with E-state index < -0.39 is 6.43 Å². The zero-order valence-electron chi connectivity index (χ0n) is 11.7. The van der Waals surface area contributed by atoms with E-state index in [0.29, 0.717) is 17.3 Å². The predicted molar refractivity (Wildman–Crippen MR) is 81.8 cm³/mol. The molecule has 1 saturated heterocycles. The smallest absolute Gasteiger partial charge is 0.265 e. The molecule has 0 bridgehead atoms. The summed E-state index contributed by atoms with van der Waals surface area (Å²) in [5, 5.41) is 0. The number of anilines is 2. The van der Waals surface area contributed by atoms with E-state index in [-0.39, 0.29) is 5.56 Å². The van der Waals surface area contributed by atoms with E-state index >= 15 is 0 Å². The van der Waals surface area contributed by atoms with Gasteiger partial charge in [-0.3, -0.25) is 0 Å². The van der Waals surface area contributed by atoms with Gasteiger partial charge in [0.2, 0.25) is 0 Å². The average molecular weight is 288 g/mol. The number of nitrogens with zero attached hydrogens (tertiary/aromatic N) is 1. The Kier molecular flexibility index (Phi) is 3.78. The van der Waals surface area contributed by atoms with Gasteiger partial charge in [-0.1, -0.05) is 30.3 Å². The lowest BCUT2D eigenvalue weighted by atomic mass is 9.99. The molecule has 1 fully saturated rings. The van der Waals surface area contributed by atoms with Crippen LogP contribution in [0.4, 0.5) is 20.2 Å². The third-order valence-corrected chi connectivity index (χ3v) is 4.09. The first-order valence-corrected chi connectivity index (χ1v) is 7.12. The van der Waals surface area contributed by atoms with Gasteiger partial charge in [-0.05, 0) is 30.2 Å². The van der Waals surface area contributed by atoms with Crippen LogP contribution in [0.5, 0.6) is 0 Å². The van der Waals surface area contributed by atoms with Crippen molar-refractivity contribution in [3.8, 4) is 0 Å². The predicted octanol–water partition coefficient (Wildman–Crippen LogP) is 4.20. The number of hydrogen-bond donors (Lipinski definition) is 1. The number of benzene rings is 2. The van der Waals surface area contributed by atoms with E-state index in [1.807, 2.05) is 23.1 Å². The van der Waals surface area contributed by atoms with Gasteiger partial charge < -0.3 is 10.6 Å². The first kappa shape index (κ1) is 13.9. The van der Waals surface area contributed by atoms with E-state index in [1.54, 1.807) is 12.1 Å². The highest BCUT2D eigenvalue weighted by molar-refractivity contribution is 5.61. The molecule has 0 spiro atoms. The molecule has 0 amide bonds. The van der Waals surface area contributed by atoms with Crippen LogP contribution in [0.3, 0.4) is 0 Å². The van der Waals surface area contributed by atoms with Gasteiger partial charge >= 0.3 is 0 Å². The number of alkyl halides is 2. The van der Waals surface area contributed by atoms with Gasteiger partial charge in [0.15, 0.2) is 0 Å². The minimum Gasteiger partial charge on any atom is -0.399 e. The van der Waals surface area contributed by atoms with Crippen LogP contribution >= 0.6 is 0 Å². The summed E-state index contributed by atoms with van der Waals surface area (Å²) in [6.07, 6.45) is -1.52. The number of rotatable bonds is 3. The SMILES string of the molecule is Nc1ccc(N2CCC(c3ccccc3)C2)c(C(F)F)c1. The summed E-state index contributed by atoms with van der Waals surface area (Å²) in [6.45, 7) is 1.57. The minimum absolute atomic E-state index is 0.0312. The Morgan fingerprint density at radius 1 is 1.10 bits per heavy atom. The molecule has 2 aromatic rings. The Hall–Kier alpha value is -2.10. The Labute approximate surface area is 123 Å². The van der Waals surface area contributed by atoms with Crippen LogP contribution in [0.1, 0.15) is 29.9 Å². The summed E-state index contributed by atoms with van der Waals surface area (Å²) in [7, 11) is 0. The van der Waals surface area contributed by atoms with Crippen LogP contribution in [0, 0.1) is 0 Å². The van der Waals surface area contributed by atoms with Crippen LogP contribution in [0.25, 0.3) is 0 Å². The van der Waals surface area contributed by atoms with Crippen molar-refractivity contribution in [1.29, 1.82) is 0 Å². The van der Waals surface area contributed by atoms with E-state index in [9.17, 15) is 8.78 Å². The van der Waals surface area contributed by atoms with Crippen LogP contribution in [0.15, 0.2) is 48.5 Å². The van der Waals surface area contributed by atoms with Gasteiger partial charge in [-0.2, -0.15) is 0 Å². The standard InChI is InChI=1S/C17H18F2N2/c18-17(19)15-10-14(20)6-7-16(15)21-9-8-13(11-21)12-4-2-1-3-5-12/h1-7,10,13,17H,8-9,11,20H2. The normalized spacial score (nSPS) is 18.4. The van der Waals surface area contributed by atoms with Crippen LogP contribution in [-0.4, -0.2) is 13.1 Å². The molecule has 21 heavy (non-hydrogen) atoms. The number of halogens is 2. The van der Waals surface area contributed by atoms with E-state index in [0.717, 1.165) is 19.5 Å². The van der Waals surface area contributed by atoms with Crippen LogP contribution in [-0.2, 0) is 0 Å². The Balaban J connectivity index is 1.84. The molecule has 1 heterocycles. The molecule has 0 aliphatic carbocycles. The molecular weight excluding hydrogens is 270 g/mol. The van der Waals surface area contributed by atoms with E-state index in [2.05, 4.69) is 12.1 Å². The van der Waals surface area contributed by atoms with Crippen LogP contribution in [0.2, 0.25) is 0 Å². The van der Waals surface area contributed by atoms with Gasteiger partial charge in [-0.15, -0.1) is 0 Å². The Morgan fingerprint density at radius 2 is 1.86 bits per heavy atom. The van der Waals surface area contributed by atoms with Crippen molar-refractivity contribution >= 4 is 11.4 Å². The summed E-state index contributed by atoms with van der Waals surface area (Å²) >= 11 is 0. The summed E-state index contributed by atoms with van der Waals surface area (Å²) in [6, 6.07) is 15.0. The summed E-state index contributed by atoms with van der Waals surface area (Å²) in [5.41, 5.74) is 7.93. The molecule has 1 unspecified atom stereocenters. The maximum Gasteiger partial charge on any atom is 0.265 e. The Morgan fingerprint density at radius 3 is 2.57 bits per heavy atom. The molecule has 110 valence electrons. The molecule has 3 rings (SSSR count). The highest BCUT2D eigenvalue weighted by Crippen LogP contribution is 2.36. The van der Waals surface area contributed by atoms with Gasteiger partial charge in [0.25, 0.3) is 6.43 Å². The first-order chi connectivity index (χ1) is 10.1. The zero-order chi connectivity index (χ0) is 14.8. The van der Waals surface area contributed by atoms with Crippen molar-refractivity contribution in [2.45, 2.75) is 18.8 Å². The summed E-state index contributed by atoms with van der Waals surface area (Å²) in [5.74, 6) is 0.397. The van der Waals surface area contributed by atoms with Crippen LogP contribution < -0.4 is 10.6 Å². The van der Waals surface area contributed by atoms with Crippen molar-refractivity contribution in [2.24, 2.45) is 0 Å². The molecule has 4 heteroatoms. The van der Waals surface area contributed by atoms with Crippen molar-refractivity contribution in [3.05, 3.63) is 59.7 Å². The maximum atomic E-state index is 13.2. The Bertz CT molecular complexity index is 613. The maximum absolute atomic E-state index is 13.2. The molecule has 0 saturated carbocycles. The summed E-state index contributed by atoms with van der Waals surface area (Å²) < 4.78 is 26.4. The fourth-order valence-corrected chi connectivity index (χ4v) is 3.01. The number of nitrogens with two attached hydrogens (primary N) is 1. The fourth-order valence-electron chi connectivity index (χ4n) is 3.01. The summed E-state index contributed by atoms with van der Waals surface area (Å²) in [4.78, 5) is 2.04. The largest absolute Gasteiger partial charge is 0.399 e. The molecule has 2 nitrogen and oxygen atoms in total. The molecule has 1 aliphatic heterocycles. The van der Waals surface area contributed by atoms with Gasteiger partial charge in [0, 0.05) is 35.9 Å². The zero-order valence-corrected chi connectivity index (χ0v) is 11.7. The second-order valence-electron chi connectivity index (χ2n) is 5.46. The third kappa shape index (κ3) is 2.84. The topological polar surface area (TPSA) is 29.3 Å². The molecule has 1 aliphatic rings. The molecule has 0 radical (unpaired) electrons.